The van der Waals surface area contributed by atoms with E-state index in [-0.39, 0.29) is 11.8 Å². The predicted molar refractivity (Wildman–Crippen MR) is 143 cm³/mol. The molecule has 1 fully saturated rings. The lowest BCUT2D eigenvalue weighted by Crippen LogP contribution is -2.42. The molecule has 200 valence electrons. The molecule has 0 bridgehead atoms. The van der Waals surface area contributed by atoms with Crippen molar-refractivity contribution in [3.05, 3.63) is 102 Å². The lowest BCUT2D eigenvalue weighted by molar-refractivity contribution is -0.159. The van der Waals surface area contributed by atoms with Gasteiger partial charge in [0.15, 0.2) is 0 Å². The molecule has 3 N–H and O–H groups in total. The van der Waals surface area contributed by atoms with E-state index in [1.807, 2.05) is 47.4 Å². The number of aliphatic carboxylic acids is 2. The van der Waals surface area contributed by atoms with Gasteiger partial charge in [0.1, 0.15) is 5.75 Å². The number of nitrogens with zero attached hydrogens (tertiary/aromatic N) is 2. The van der Waals surface area contributed by atoms with E-state index in [9.17, 15) is 9.90 Å². The van der Waals surface area contributed by atoms with Gasteiger partial charge in [-0.25, -0.2) is 9.59 Å². The van der Waals surface area contributed by atoms with Crippen molar-refractivity contribution in [2.24, 2.45) is 5.92 Å². The molecule has 1 aliphatic heterocycles. The van der Waals surface area contributed by atoms with E-state index >= 15 is 0 Å². The van der Waals surface area contributed by atoms with E-state index in [0.717, 1.165) is 51.0 Å². The van der Waals surface area contributed by atoms with Crippen LogP contribution in [0, 0.1) is 5.92 Å². The fourth-order valence-electron chi connectivity index (χ4n) is 4.46. The number of carboxylic acid groups (broad SMARTS) is 2. The maximum absolute atomic E-state index is 13.5. The van der Waals surface area contributed by atoms with E-state index in [1.165, 1.54) is 11.1 Å². The summed E-state index contributed by atoms with van der Waals surface area (Å²) in [6.07, 6.45) is 2.59. The molecule has 3 aromatic carbocycles. The van der Waals surface area contributed by atoms with Crippen LogP contribution in [0.2, 0.25) is 0 Å². The number of benzene rings is 3. The molecule has 0 atom stereocenters. The molecule has 0 radical (unpaired) electrons. The number of likely N-dealkylation sites (tertiary alicyclic amines) is 1. The van der Waals surface area contributed by atoms with Gasteiger partial charge >= 0.3 is 11.9 Å². The molecule has 1 amide bonds. The standard InChI is InChI=1S/C28H32N2O2.C2H2O4/c31-27-14-8-7-13-26(27)22-29-18-16-25(17-19-29)28(32)30(21-24-11-5-2-6-12-24)20-15-23-9-3-1-4-10-23;3-1(4)2(5)6/h1-14,25,31H,15-22H2;(H,3,4)(H,5,6). The number of aromatic hydroxyl groups is 1. The lowest BCUT2D eigenvalue weighted by Gasteiger charge is -2.34. The van der Waals surface area contributed by atoms with Gasteiger partial charge in [-0.3, -0.25) is 9.69 Å². The predicted octanol–water partition coefficient (Wildman–Crippen LogP) is 4.03. The van der Waals surface area contributed by atoms with Crippen LogP contribution in [0.4, 0.5) is 0 Å². The Kier molecular flexibility index (Phi) is 10.9. The SMILES string of the molecule is O=C(C1CCN(Cc2ccccc2O)CC1)N(CCc1ccccc1)Cc1ccccc1.O=C(O)C(=O)O. The lowest BCUT2D eigenvalue weighted by atomic mass is 9.94. The van der Waals surface area contributed by atoms with Crippen LogP contribution in [-0.2, 0) is 33.9 Å². The van der Waals surface area contributed by atoms with E-state index in [2.05, 4.69) is 41.3 Å². The molecule has 8 nitrogen and oxygen atoms in total. The van der Waals surface area contributed by atoms with Gasteiger partial charge in [0, 0.05) is 31.1 Å². The summed E-state index contributed by atoms with van der Waals surface area (Å²) in [4.78, 5) is 36.1. The maximum Gasteiger partial charge on any atom is 0.414 e. The summed E-state index contributed by atoms with van der Waals surface area (Å²) in [6.45, 7) is 3.88. The Hall–Kier alpha value is -4.17. The minimum absolute atomic E-state index is 0.0649. The third-order valence-electron chi connectivity index (χ3n) is 6.55. The zero-order valence-electron chi connectivity index (χ0n) is 21.3. The number of phenolic OH excluding ortho intramolecular Hbond substituents is 1. The molecule has 38 heavy (non-hydrogen) atoms. The number of hydrogen-bond donors (Lipinski definition) is 3. The third-order valence-corrected chi connectivity index (χ3v) is 6.55. The Bertz CT molecular complexity index is 1170. The van der Waals surface area contributed by atoms with E-state index < -0.39 is 11.9 Å². The van der Waals surface area contributed by atoms with Crippen LogP contribution < -0.4 is 0 Å². The van der Waals surface area contributed by atoms with Crippen LogP contribution in [0.25, 0.3) is 0 Å². The number of piperidine rings is 1. The Morgan fingerprint density at radius 1 is 0.763 bits per heavy atom. The Morgan fingerprint density at radius 3 is 1.84 bits per heavy atom. The summed E-state index contributed by atoms with van der Waals surface area (Å²) >= 11 is 0. The summed E-state index contributed by atoms with van der Waals surface area (Å²) in [6, 6.07) is 28.2. The molecule has 0 saturated carbocycles. The summed E-state index contributed by atoms with van der Waals surface area (Å²) in [5.74, 6) is -2.97. The number of carboxylic acids is 2. The first kappa shape index (κ1) is 28.4. The Balaban J connectivity index is 0.000000599. The average molecular weight is 519 g/mol. The van der Waals surface area contributed by atoms with Gasteiger partial charge in [0.2, 0.25) is 5.91 Å². The topological polar surface area (TPSA) is 118 Å². The second-order valence-corrected chi connectivity index (χ2v) is 9.27. The third kappa shape index (κ3) is 9.05. The molecular weight excluding hydrogens is 484 g/mol. The number of amides is 1. The minimum atomic E-state index is -1.82. The second-order valence-electron chi connectivity index (χ2n) is 9.27. The van der Waals surface area contributed by atoms with Gasteiger partial charge in [-0.2, -0.15) is 0 Å². The highest BCUT2D eigenvalue weighted by atomic mass is 16.4. The zero-order chi connectivity index (χ0) is 27.3. The summed E-state index contributed by atoms with van der Waals surface area (Å²) in [5.41, 5.74) is 3.38. The highest BCUT2D eigenvalue weighted by Crippen LogP contribution is 2.25. The van der Waals surface area contributed by atoms with Gasteiger partial charge in [-0.1, -0.05) is 78.9 Å². The highest BCUT2D eigenvalue weighted by Gasteiger charge is 2.29. The quantitative estimate of drug-likeness (QED) is 0.385. The van der Waals surface area contributed by atoms with Gasteiger partial charge in [-0.05, 0) is 49.5 Å². The molecule has 0 aromatic heterocycles. The van der Waals surface area contributed by atoms with Crippen LogP contribution in [-0.4, -0.2) is 62.6 Å². The molecule has 1 aliphatic rings. The van der Waals surface area contributed by atoms with Gasteiger partial charge in [-0.15, -0.1) is 0 Å². The molecule has 0 spiro atoms. The number of hydrogen-bond acceptors (Lipinski definition) is 5. The zero-order valence-corrected chi connectivity index (χ0v) is 21.3. The molecular formula is C30H34N2O6. The van der Waals surface area contributed by atoms with Crippen molar-refractivity contribution >= 4 is 17.8 Å². The summed E-state index contributed by atoms with van der Waals surface area (Å²) < 4.78 is 0. The summed E-state index contributed by atoms with van der Waals surface area (Å²) in [5, 5.41) is 24.8. The molecule has 4 rings (SSSR count). The second kappa shape index (κ2) is 14.5. The van der Waals surface area contributed by atoms with Crippen molar-refractivity contribution in [1.82, 2.24) is 9.80 Å². The smallest absolute Gasteiger partial charge is 0.414 e. The minimum Gasteiger partial charge on any atom is -0.508 e. The molecule has 3 aromatic rings. The Morgan fingerprint density at radius 2 is 1.29 bits per heavy atom. The van der Waals surface area contributed by atoms with Crippen LogP contribution in [0.3, 0.4) is 0 Å². The van der Waals surface area contributed by atoms with Crippen molar-refractivity contribution in [2.75, 3.05) is 19.6 Å². The average Bonchev–Trinajstić information content (AvgIpc) is 2.94. The molecule has 1 saturated heterocycles. The molecule has 8 heteroatoms. The molecule has 1 heterocycles. The summed E-state index contributed by atoms with van der Waals surface area (Å²) in [7, 11) is 0. The largest absolute Gasteiger partial charge is 0.508 e. The van der Waals surface area contributed by atoms with Crippen molar-refractivity contribution in [2.45, 2.75) is 32.4 Å². The number of phenols is 1. The van der Waals surface area contributed by atoms with Crippen LogP contribution in [0.1, 0.15) is 29.5 Å². The Labute approximate surface area is 222 Å². The normalized spacial score (nSPS) is 13.7. The van der Waals surface area contributed by atoms with Crippen molar-refractivity contribution in [1.29, 1.82) is 0 Å². The molecule has 0 unspecified atom stereocenters. The van der Waals surface area contributed by atoms with E-state index in [0.29, 0.717) is 12.3 Å². The number of rotatable bonds is 8. The highest BCUT2D eigenvalue weighted by molar-refractivity contribution is 6.27. The number of carbonyl (C=O) groups is 3. The fourth-order valence-corrected chi connectivity index (χ4v) is 4.46. The van der Waals surface area contributed by atoms with Crippen LogP contribution in [0.15, 0.2) is 84.9 Å². The first-order valence-corrected chi connectivity index (χ1v) is 12.7. The number of carbonyl (C=O) groups excluding carboxylic acids is 1. The molecule has 0 aliphatic carbocycles. The monoisotopic (exact) mass is 518 g/mol. The first-order valence-electron chi connectivity index (χ1n) is 12.7. The van der Waals surface area contributed by atoms with Gasteiger partial charge in [0.25, 0.3) is 0 Å². The van der Waals surface area contributed by atoms with Crippen molar-refractivity contribution in [3.8, 4) is 5.75 Å². The van der Waals surface area contributed by atoms with Gasteiger partial charge < -0.3 is 20.2 Å². The maximum atomic E-state index is 13.5. The van der Waals surface area contributed by atoms with Gasteiger partial charge in [0.05, 0.1) is 0 Å². The fraction of sp³-hybridized carbons (Fsp3) is 0.300. The van der Waals surface area contributed by atoms with Crippen molar-refractivity contribution < 1.29 is 29.7 Å². The van der Waals surface area contributed by atoms with Crippen LogP contribution >= 0.6 is 0 Å². The van der Waals surface area contributed by atoms with Crippen molar-refractivity contribution in [3.63, 3.8) is 0 Å². The number of para-hydroxylation sites is 1. The first-order chi connectivity index (χ1) is 18.3. The van der Waals surface area contributed by atoms with E-state index in [1.54, 1.807) is 6.07 Å². The van der Waals surface area contributed by atoms with Crippen LogP contribution in [0.5, 0.6) is 5.75 Å². The van der Waals surface area contributed by atoms with E-state index in [4.69, 9.17) is 19.8 Å².